The molecule has 1 atom stereocenters. The Morgan fingerprint density at radius 2 is 2.16 bits per heavy atom. The second-order valence-electron chi connectivity index (χ2n) is 5.15. The van der Waals surface area contributed by atoms with Gasteiger partial charge in [0.25, 0.3) is 0 Å². The van der Waals surface area contributed by atoms with Crippen LogP contribution in [0, 0.1) is 0 Å². The van der Waals surface area contributed by atoms with E-state index in [0.717, 1.165) is 6.54 Å². The summed E-state index contributed by atoms with van der Waals surface area (Å²) in [5, 5.41) is 6.38. The van der Waals surface area contributed by atoms with E-state index in [9.17, 15) is 4.79 Å². The summed E-state index contributed by atoms with van der Waals surface area (Å²) in [6.45, 7) is 3.42. The Morgan fingerprint density at radius 3 is 3.00 bits per heavy atom. The van der Waals surface area contributed by atoms with Crippen molar-refractivity contribution in [2.45, 2.75) is 45.1 Å². The molecule has 0 bridgehead atoms. The van der Waals surface area contributed by atoms with Crippen molar-refractivity contribution in [3.05, 3.63) is 35.4 Å². The number of amides is 1. The van der Waals surface area contributed by atoms with Gasteiger partial charge in [-0.3, -0.25) is 4.79 Å². The van der Waals surface area contributed by atoms with Gasteiger partial charge < -0.3 is 10.6 Å². The maximum atomic E-state index is 11.4. The molecule has 0 saturated carbocycles. The summed E-state index contributed by atoms with van der Waals surface area (Å²) in [6.07, 6.45) is 5.45. The number of nitrogens with one attached hydrogen (secondary N) is 2. The normalized spacial score (nSPS) is 18.5. The maximum absolute atomic E-state index is 11.4. The Kier molecular flexibility index (Phi) is 5.40. The lowest BCUT2D eigenvalue weighted by atomic mass is 9.99. The molecule has 0 radical (unpaired) electrons. The molecule has 1 aromatic carbocycles. The van der Waals surface area contributed by atoms with E-state index in [0.29, 0.717) is 19.0 Å². The molecule has 2 N–H and O–H groups in total. The van der Waals surface area contributed by atoms with Crippen LogP contribution in [0.25, 0.3) is 0 Å². The Bertz CT molecular complexity index is 417. The zero-order chi connectivity index (χ0) is 13.5. The molecule has 1 aliphatic rings. The molecule has 1 unspecified atom stereocenters. The van der Waals surface area contributed by atoms with Gasteiger partial charge in [-0.1, -0.05) is 30.7 Å². The van der Waals surface area contributed by atoms with Crippen molar-refractivity contribution < 1.29 is 4.79 Å². The molecule has 1 aliphatic carbocycles. The van der Waals surface area contributed by atoms with Crippen LogP contribution < -0.4 is 10.6 Å². The van der Waals surface area contributed by atoms with Crippen molar-refractivity contribution >= 4 is 5.91 Å². The van der Waals surface area contributed by atoms with Crippen LogP contribution in [0.2, 0.25) is 0 Å². The van der Waals surface area contributed by atoms with E-state index in [-0.39, 0.29) is 5.91 Å². The van der Waals surface area contributed by atoms with E-state index in [2.05, 4.69) is 34.9 Å². The van der Waals surface area contributed by atoms with Crippen LogP contribution in [0.15, 0.2) is 24.3 Å². The second kappa shape index (κ2) is 7.29. The van der Waals surface area contributed by atoms with Crippen LogP contribution in [0.5, 0.6) is 0 Å². The summed E-state index contributed by atoms with van der Waals surface area (Å²) in [5.41, 5.74) is 2.89. The summed E-state index contributed by atoms with van der Waals surface area (Å²) in [5.74, 6) is 0.136. The van der Waals surface area contributed by atoms with Crippen molar-refractivity contribution in [1.29, 1.82) is 0 Å². The third-order valence-corrected chi connectivity index (χ3v) is 3.74. The summed E-state index contributed by atoms with van der Waals surface area (Å²) in [4.78, 5) is 11.4. The van der Waals surface area contributed by atoms with Crippen molar-refractivity contribution in [3.8, 4) is 0 Å². The summed E-state index contributed by atoms with van der Waals surface area (Å²) in [7, 11) is 0. The highest BCUT2D eigenvalue weighted by atomic mass is 16.1. The highest BCUT2D eigenvalue weighted by Crippen LogP contribution is 2.28. The van der Waals surface area contributed by atoms with Gasteiger partial charge in [-0.15, -0.1) is 0 Å². The number of carbonyl (C=O) groups excluding carboxylic acids is 1. The second-order valence-corrected chi connectivity index (χ2v) is 5.15. The van der Waals surface area contributed by atoms with E-state index in [4.69, 9.17) is 0 Å². The van der Waals surface area contributed by atoms with Gasteiger partial charge in [0.2, 0.25) is 5.91 Å². The summed E-state index contributed by atoms with van der Waals surface area (Å²) in [6, 6.07) is 9.11. The first-order valence-corrected chi connectivity index (χ1v) is 7.39. The molecule has 3 nitrogen and oxygen atoms in total. The minimum atomic E-state index is 0.136. The monoisotopic (exact) mass is 260 g/mol. The van der Waals surface area contributed by atoms with Crippen LogP contribution in [-0.2, 0) is 11.2 Å². The smallest absolute Gasteiger partial charge is 0.221 e. The van der Waals surface area contributed by atoms with E-state index < -0.39 is 0 Å². The average molecular weight is 260 g/mol. The number of carbonyl (C=O) groups is 1. The molecule has 0 saturated heterocycles. The minimum Gasteiger partial charge on any atom is -0.356 e. The van der Waals surface area contributed by atoms with Crippen LogP contribution in [0.4, 0.5) is 0 Å². The van der Waals surface area contributed by atoms with Crippen LogP contribution in [0.1, 0.15) is 49.8 Å². The first-order valence-electron chi connectivity index (χ1n) is 7.39. The average Bonchev–Trinajstić information content (AvgIpc) is 2.62. The third kappa shape index (κ3) is 4.06. The van der Waals surface area contributed by atoms with Gasteiger partial charge in [-0.05, 0) is 37.3 Å². The molecule has 2 rings (SSSR count). The van der Waals surface area contributed by atoms with E-state index >= 15 is 0 Å². The Labute approximate surface area is 115 Å². The van der Waals surface area contributed by atoms with Crippen LogP contribution >= 0.6 is 0 Å². The van der Waals surface area contributed by atoms with Gasteiger partial charge >= 0.3 is 0 Å². The lowest BCUT2D eigenvalue weighted by Gasteiger charge is -2.19. The summed E-state index contributed by atoms with van der Waals surface area (Å²) >= 11 is 0. The highest BCUT2D eigenvalue weighted by molar-refractivity contribution is 5.75. The molecule has 0 aromatic heterocycles. The van der Waals surface area contributed by atoms with Gasteiger partial charge in [0.15, 0.2) is 0 Å². The van der Waals surface area contributed by atoms with Crippen molar-refractivity contribution in [2.75, 3.05) is 13.1 Å². The highest BCUT2D eigenvalue weighted by Gasteiger charge is 2.17. The predicted molar refractivity (Wildman–Crippen MR) is 78.0 cm³/mol. The van der Waals surface area contributed by atoms with Gasteiger partial charge in [-0.25, -0.2) is 0 Å². The van der Waals surface area contributed by atoms with Gasteiger partial charge in [0.1, 0.15) is 0 Å². The third-order valence-electron chi connectivity index (χ3n) is 3.74. The molecule has 0 fully saturated rings. The number of rotatable bonds is 5. The van der Waals surface area contributed by atoms with E-state index in [1.165, 1.54) is 36.8 Å². The molecular formula is C16H24N2O. The molecule has 0 aliphatic heterocycles. The Morgan fingerprint density at radius 1 is 1.32 bits per heavy atom. The number of hydrogen-bond acceptors (Lipinski definition) is 2. The zero-order valence-corrected chi connectivity index (χ0v) is 11.7. The summed E-state index contributed by atoms with van der Waals surface area (Å²) < 4.78 is 0. The van der Waals surface area contributed by atoms with Crippen LogP contribution in [0.3, 0.4) is 0 Å². The lowest BCUT2D eigenvalue weighted by molar-refractivity contribution is -0.120. The Hall–Kier alpha value is -1.35. The first-order chi connectivity index (χ1) is 9.31. The van der Waals surface area contributed by atoms with Crippen LogP contribution in [-0.4, -0.2) is 19.0 Å². The minimum absolute atomic E-state index is 0.136. The molecule has 0 spiro atoms. The number of aryl methyl sites for hydroxylation is 1. The first kappa shape index (κ1) is 14.1. The SMILES string of the molecule is CCNC(=O)CCNC1CCCCc2ccccc21. The fourth-order valence-corrected chi connectivity index (χ4v) is 2.78. The lowest BCUT2D eigenvalue weighted by Crippen LogP contribution is -2.29. The molecule has 19 heavy (non-hydrogen) atoms. The molecule has 1 amide bonds. The maximum Gasteiger partial charge on any atom is 0.221 e. The fraction of sp³-hybridized carbons (Fsp3) is 0.562. The van der Waals surface area contributed by atoms with Gasteiger partial charge in [0, 0.05) is 25.6 Å². The van der Waals surface area contributed by atoms with Crippen molar-refractivity contribution in [2.24, 2.45) is 0 Å². The zero-order valence-electron chi connectivity index (χ0n) is 11.7. The van der Waals surface area contributed by atoms with Gasteiger partial charge in [-0.2, -0.15) is 0 Å². The molecular weight excluding hydrogens is 236 g/mol. The topological polar surface area (TPSA) is 41.1 Å². The molecule has 104 valence electrons. The standard InChI is InChI=1S/C16H24N2O/c1-2-17-16(19)11-12-18-15-10-6-4-8-13-7-3-5-9-14(13)15/h3,5,7,9,15,18H,2,4,6,8,10-12H2,1H3,(H,17,19). The van der Waals surface area contributed by atoms with Crippen molar-refractivity contribution in [3.63, 3.8) is 0 Å². The van der Waals surface area contributed by atoms with Gasteiger partial charge in [0.05, 0.1) is 0 Å². The largest absolute Gasteiger partial charge is 0.356 e. The quantitative estimate of drug-likeness (QED) is 0.799. The Balaban J connectivity index is 1.91. The van der Waals surface area contributed by atoms with E-state index in [1.807, 2.05) is 6.92 Å². The fourth-order valence-electron chi connectivity index (χ4n) is 2.78. The number of benzene rings is 1. The molecule has 1 aromatic rings. The molecule has 3 heteroatoms. The molecule has 0 heterocycles. The number of hydrogen-bond donors (Lipinski definition) is 2. The number of fused-ring (bicyclic) bond motifs is 1. The van der Waals surface area contributed by atoms with E-state index in [1.54, 1.807) is 0 Å². The predicted octanol–water partition coefficient (Wildman–Crippen LogP) is 2.57. The van der Waals surface area contributed by atoms with Crippen molar-refractivity contribution in [1.82, 2.24) is 10.6 Å².